The number of aliphatic imine (C=N–C) groups is 1. The minimum atomic E-state index is -0.650. The Morgan fingerprint density at radius 3 is 2.81 bits per heavy atom. The third kappa shape index (κ3) is 5.64. The molecule has 0 aliphatic carbocycles. The molecule has 0 aliphatic rings. The minimum Gasteiger partial charge on any atom is -0.450 e. The number of hydrogen-bond acceptors (Lipinski definition) is 6. The predicted octanol–water partition coefficient (Wildman–Crippen LogP) is 3.79. The van der Waals surface area contributed by atoms with Crippen molar-refractivity contribution in [2.45, 2.75) is 6.92 Å². The maximum absolute atomic E-state index is 11.4. The van der Waals surface area contributed by atoms with Gasteiger partial charge in [-0.2, -0.15) is 0 Å². The molecule has 0 atom stereocenters. The summed E-state index contributed by atoms with van der Waals surface area (Å²) >= 11 is 5.06. The highest BCUT2D eigenvalue weighted by Crippen LogP contribution is 2.24. The van der Waals surface area contributed by atoms with E-state index >= 15 is 0 Å². The number of ether oxygens (including phenoxy) is 1. The molecule has 0 heterocycles. The average molecular weight is 372 g/mol. The van der Waals surface area contributed by atoms with Crippen molar-refractivity contribution < 1.29 is 14.5 Å². The summed E-state index contributed by atoms with van der Waals surface area (Å²) in [7, 11) is 0. The molecule has 0 saturated heterocycles. The summed E-state index contributed by atoms with van der Waals surface area (Å²) in [6, 6.07) is 13.2. The van der Waals surface area contributed by atoms with Crippen LogP contribution < -0.4 is 10.6 Å². The Morgan fingerprint density at radius 1 is 1.31 bits per heavy atom. The van der Waals surface area contributed by atoms with Gasteiger partial charge in [0.2, 0.25) is 0 Å². The zero-order valence-corrected chi connectivity index (χ0v) is 14.7. The Hall–Kier alpha value is -3.33. The van der Waals surface area contributed by atoms with E-state index in [0.717, 1.165) is 0 Å². The molecular formula is C17H16N4O4S. The SMILES string of the molecule is CCOC(=O)NC(=S)Nc1ccccc1N=Cc1cccc([N+](=O)[O-])c1. The first-order chi connectivity index (χ1) is 12.5. The quantitative estimate of drug-likeness (QED) is 0.358. The second-order valence-corrected chi connectivity index (χ2v) is 5.34. The molecule has 0 saturated carbocycles. The van der Waals surface area contributed by atoms with E-state index < -0.39 is 11.0 Å². The first kappa shape index (κ1) is 19.0. The summed E-state index contributed by atoms with van der Waals surface area (Å²) in [6.45, 7) is 1.92. The fraction of sp³-hybridized carbons (Fsp3) is 0.118. The third-order valence-electron chi connectivity index (χ3n) is 3.08. The molecule has 2 aromatic rings. The van der Waals surface area contributed by atoms with Gasteiger partial charge in [-0.1, -0.05) is 24.3 Å². The molecule has 0 spiro atoms. The van der Waals surface area contributed by atoms with Gasteiger partial charge < -0.3 is 10.1 Å². The molecule has 0 unspecified atom stereocenters. The predicted molar refractivity (Wildman–Crippen MR) is 103 cm³/mol. The normalized spacial score (nSPS) is 10.3. The average Bonchev–Trinajstić information content (AvgIpc) is 2.61. The van der Waals surface area contributed by atoms with Crippen LogP contribution in [0, 0.1) is 10.1 Å². The number of rotatable bonds is 5. The summed E-state index contributed by atoms with van der Waals surface area (Å²) in [5, 5.41) is 16.1. The van der Waals surface area contributed by atoms with Gasteiger partial charge in [-0.3, -0.25) is 20.4 Å². The van der Waals surface area contributed by atoms with Crippen LogP contribution in [0.4, 0.5) is 21.9 Å². The molecule has 0 radical (unpaired) electrons. The number of nitrogens with zero attached hydrogens (tertiary/aromatic N) is 2. The first-order valence-electron chi connectivity index (χ1n) is 7.62. The fourth-order valence-corrected chi connectivity index (χ4v) is 2.16. The monoisotopic (exact) mass is 372 g/mol. The van der Waals surface area contributed by atoms with Crippen LogP contribution in [0.5, 0.6) is 0 Å². The largest absolute Gasteiger partial charge is 0.450 e. The number of carbonyl (C=O) groups excluding carboxylic acids is 1. The van der Waals surface area contributed by atoms with E-state index in [2.05, 4.69) is 15.6 Å². The van der Waals surface area contributed by atoms with Crippen molar-refractivity contribution in [1.82, 2.24) is 5.32 Å². The van der Waals surface area contributed by atoms with Crippen LogP contribution in [-0.2, 0) is 4.74 Å². The van der Waals surface area contributed by atoms with Crippen LogP contribution in [0.25, 0.3) is 0 Å². The van der Waals surface area contributed by atoms with E-state index in [-0.39, 0.29) is 17.4 Å². The minimum absolute atomic E-state index is 0.0137. The number of nitro benzene ring substituents is 1. The van der Waals surface area contributed by atoms with Gasteiger partial charge in [-0.05, 0) is 36.8 Å². The van der Waals surface area contributed by atoms with E-state index in [1.165, 1.54) is 18.3 Å². The van der Waals surface area contributed by atoms with Crippen LogP contribution in [0.3, 0.4) is 0 Å². The molecule has 0 aromatic heterocycles. The molecule has 2 N–H and O–H groups in total. The van der Waals surface area contributed by atoms with Crippen LogP contribution in [0.2, 0.25) is 0 Å². The summed E-state index contributed by atoms with van der Waals surface area (Å²) in [5.74, 6) is 0. The van der Waals surface area contributed by atoms with Crippen molar-refractivity contribution in [1.29, 1.82) is 0 Å². The number of thiocarbonyl (C=S) groups is 1. The van der Waals surface area contributed by atoms with Crippen LogP contribution in [0.15, 0.2) is 53.5 Å². The van der Waals surface area contributed by atoms with Crippen molar-refractivity contribution in [2.24, 2.45) is 4.99 Å². The molecule has 2 rings (SSSR count). The number of para-hydroxylation sites is 2. The number of amides is 1. The molecule has 0 fully saturated rings. The number of alkyl carbamates (subject to hydrolysis) is 1. The van der Waals surface area contributed by atoms with Gasteiger partial charge in [0.15, 0.2) is 5.11 Å². The van der Waals surface area contributed by atoms with Gasteiger partial charge in [-0.15, -0.1) is 0 Å². The van der Waals surface area contributed by atoms with Crippen molar-refractivity contribution in [3.63, 3.8) is 0 Å². The third-order valence-corrected chi connectivity index (χ3v) is 3.28. The topological polar surface area (TPSA) is 106 Å². The molecule has 26 heavy (non-hydrogen) atoms. The van der Waals surface area contributed by atoms with Crippen molar-refractivity contribution in [3.8, 4) is 0 Å². The van der Waals surface area contributed by atoms with E-state index in [9.17, 15) is 14.9 Å². The molecule has 0 aliphatic heterocycles. The Bertz CT molecular complexity index is 854. The number of nitro groups is 1. The highest BCUT2D eigenvalue weighted by molar-refractivity contribution is 7.80. The Labute approximate surface area is 155 Å². The van der Waals surface area contributed by atoms with Gasteiger partial charge in [0, 0.05) is 18.3 Å². The van der Waals surface area contributed by atoms with Gasteiger partial charge >= 0.3 is 6.09 Å². The lowest BCUT2D eigenvalue weighted by molar-refractivity contribution is -0.384. The van der Waals surface area contributed by atoms with Gasteiger partial charge in [-0.25, -0.2) is 4.79 Å². The molecule has 2 aromatic carbocycles. The smallest absolute Gasteiger partial charge is 0.413 e. The van der Waals surface area contributed by atoms with Crippen molar-refractivity contribution in [2.75, 3.05) is 11.9 Å². The second-order valence-electron chi connectivity index (χ2n) is 4.93. The lowest BCUT2D eigenvalue weighted by atomic mass is 10.2. The second kappa shape index (κ2) is 9.23. The van der Waals surface area contributed by atoms with Crippen molar-refractivity contribution >= 4 is 46.7 Å². The summed E-state index contributed by atoms with van der Waals surface area (Å²) in [6.07, 6.45) is 0.859. The highest BCUT2D eigenvalue weighted by atomic mass is 32.1. The number of non-ortho nitro benzene ring substituents is 1. The lowest BCUT2D eigenvalue weighted by Gasteiger charge is -2.11. The summed E-state index contributed by atoms with van der Waals surface area (Å²) in [4.78, 5) is 26.1. The maximum atomic E-state index is 11.4. The van der Waals surface area contributed by atoms with E-state index in [1.54, 1.807) is 43.3 Å². The molecular weight excluding hydrogens is 356 g/mol. The van der Waals surface area contributed by atoms with E-state index in [1.807, 2.05) is 0 Å². The number of anilines is 1. The zero-order chi connectivity index (χ0) is 18.9. The summed E-state index contributed by atoms with van der Waals surface area (Å²) < 4.78 is 4.75. The summed E-state index contributed by atoms with van der Waals surface area (Å²) in [5.41, 5.74) is 1.68. The van der Waals surface area contributed by atoms with Crippen LogP contribution >= 0.6 is 12.2 Å². The van der Waals surface area contributed by atoms with E-state index in [0.29, 0.717) is 16.9 Å². The molecule has 8 nitrogen and oxygen atoms in total. The molecule has 0 bridgehead atoms. The van der Waals surface area contributed by atoms with Crippen molar-refractivity contribution in [3.05, 3.63) is 64.2 Å². The lowest BCUT2D eigenvalue weighted by Crippen LogP contribution is -2.34. The standard InChI is InChI=1S/C17H16N4O4S/c1-2-25-17(22)20-16(26)19-15-9-4-3-8-14(15)18-11-12-6-5-7-13(10-12)21(23)24/h3-11H,2H2,1H3,(H2,19,20,22,26). The van der Waals surface area contributed by atoms with Gasteiger partial charge in [0.05, 0.1) is 22.9 Å². The highest BCUT2D eigenvalue weighted by Gasteiger charge is 2.07. The van der Waals surface area contributed by atoms with Gasteiger partial charge in [0.1, 0.15) is 0 Å². The Morgan fingerprint density at radius 2 is 2.08 bits per heavy atom. The zero-order valence-electron chi connectivity index (χ0n) is 13.8. The number of hydrogen-bond donors (Lipinski definition) is 2. The maximum Gasteiger partial charge on any atom is 0.413 e. The number of benzene rings is 2. The van der Waals surface area contributed by atoms with E-state index in [4.69, 9.17) is 17.0 Å². The first-order valence-corrected chi connectivity index (χ1v) is 8.02. The Kier molecular flexibility index (Phi) is 6.75. The molecule has 9 heteroatoms. The molecule has 1 amide bonds. The Balaban J connectivity index is 2.13. The van der Waals surface area contributed by atoms with Crippen LogP contribution in [0.1, 0.15) is 12.5 Å². The fourth-order valence-electron chi connectivity index (χ4n) is 1.97. The van der Waals surface area contributed by atoms with Gasteiger partial charge in [0.25, 0.3) is 5.69 Å². The van der Waals surface area contributed by atoms with Crippen LogP contribution in [-0.4, -0.2) is 29.0 Å². The number of nitrogens with one attached hydrogen (secondary N) is 2. The molecule has 134 valence electrons. The number of carbonyl (C=O) groups is 1.